The lowest BCUT2D eigenvalue weighted by Gasteiger charge is -2.22. The summed E-state index contributed by atoms with van der Waals surface area (Å²) in [5.74, 6) is 0.927. The van der Waals surface area contributed by atoms with Crippen molar-refractivity contribution in [3.63, 3.8) is 0 Å². The molecule has 6 heteroatoms. The Kier molecular flexibility index (Phi) is 7.93. The number of halogens is 1. The number of nitrogens with zero attached hydrogens (tertiary/aromatic N) is 2. The maximum atomic E-state index is 13.7. The number of ether oxygens (including phenoxy) is 2. The van der Waals surface area contributed by atoms with Crippen LogP contribution in [0.1, 0.15) is 36.0 Å². The van der Waals surface area contributed by atoms with Crippen molar-refractivity contribution in [2.24, 2.45) is 0 Å². The third kappa shape index (κ3) is 5.38. The smallest absolute Gasteiger partial charge is 0.223 e. The average molecular weight is 489 g/mol. The Morgan fingerprint density at radius 1 is 1.00 bits per heavy atom. The first-order valence-corrected chi connectivity index (χ1v) is 12.2. The summed E-state index contributed by atoms with van der Waals surface area (Å²) in [5.41, 5.74) is 4.21. The molecule has 0 spiro atoms. The molecule has 36 heavy (non-hydrogen) atoms. The van der Waals surface area contributed by atoms with Crippen LogP contribution in [0, 0.1) is 5.82 Å². The second-order valence-electron chi connectivity index (χ2n) is 8.95. The molecule has 1 unspecified atom stereocenters. The highest BCUT2D eigenvalue weighted by Gasteiger charge is 2.24. The van der Waals surface area contributed by atoms with Gasteiger partial charge in [0.25, 0.3) is 0 Å². The van der Waals surface area contributed by atoms with E-state index in [-0.39, 0.29) is 17.6 Å². The molecular weight excluding hydrogens is 455 g/mol. The van der Waals surface area contributed by atoms with Gasteiger partial charge in [0.05, 0.1) is 14.2 Å². The molecule has 4 rings (SSSR count). The van der Waals surface area contributed by atoms with E-state index in [1.54, 1.807) is 31.3 Å². The lowest BCUT2D eigenvalue weighted by molar-refractivity contribution is -0.130. The monoisotopic (exact) mass is 488 g/mol. The summed E-state index contributed by atoms with van der Waals surface area (Å²) in [6.45, 7) is 3.51. The number of para-hydroxylation sites is 1. The number of carbonyl (C=O) groups excluding carboxylic acids is 1. The Morgan fingerprint density at radius 2 is 1.72 bits per heavy atom. The largest absolute Gasteiger partial charge is 0.493 e. The predicted octanol–water partition coefficient (Wildman–Crippen LogP) is 6.04. The van der Waals surface area contributed by atoms with Crippen molar-refractivity contribution in [3.8, 4) is 11.5 Å². The van der Waals surface area contributed by atoms with Crippen molar-refractivity contribution < 1.29 is 18.7 Å². The maximum absolute atomic E-state index is 13.7. The van der Waals surface area contributed by atoms with Gasteiger partial charge in [-0.3, -0.25) is 4.79 Å². The van der Waals surface area contributed by atoms with E-state index >= 15 is 0 Å². The molecule has 0 aliphatic heterocycles. The lowest BCUT2D eigenvalue weighted by Crippen LogP contribution is -2.30. The summed E-state index contributed by atoms with van der Waals surface area (Å²) in [7, 11) is 5.06. The molecule has 1 atom stereocenters. The van der Waals surface area contributed by atoms with Gasteiger partial charge in [0.1, 0.15) is 5.82 Å². The average Bonchev–Trinajstić information content (AvgIpc) is 3.29. The van der Waals surface area contributed by atoms with Crippen molar-refractivity contribution in [1.29, 1.82) is 0 Å². The zero-order chi connectivity index (χ0) is 25.7. The fourth-order valence-corrected chi connectivity index (χ4v) is 4.71. The van der Waals surface area contributed by atoms with Gasteiger partial charge >= 0.3 is 0 Å². The summed E-state index contributed by atoms with van der Waals surface area (Å²) in [4.78, 5) is 15.2. The van der Waals surface area contributed by atoms with Crippen LogP contribution >= 0.6 is 0 Å². The normalized spacial score (nSPS) is 11.9. The van der Waals surface area contributed by atoms with Gasteiger partial charge < -0.3 is 18.9 Å². The zero-order valence-corrected chi connectivity index (χ0v) is 21.3. The second-order valence-corrected chi connectivity index (χ2v) is 8.95. The van der Waals surface area contributed by atoms with E-state index in [0.717, 1.165) is 34.1 Å². The minimum absolute atomic E-state index is 0.0399. The molecule has 4 aromatic rings. The number of amides is 1. The molecule has 1 amide bonds. The first-order valence-electron chi connectivity index (χ1n) is 12.2. The molecule has 0 aliphatic carbocycles. The fourth-order valence-electron chi connectivity index (χ4n) is 4.71. The number of methoxy groups -OCH3 is 2. The third-order valence-electron chi connectivity index (χ3n) is 6.80. The Balaban J connectivity index is 1.57. The van der Waals surface area contributed by atoms with E-state index in [4.69, 9.17) is 9.47 Å². The van der Waals surface area contributed by atoms with Crippen molar-refractivity contribution in [1.82, 2.24) is 9.47 Å². The number of rotatable bonds is 10. The van der Waals surface area contributed by atoms with E-state index in [1.807, 2.05) is 37.4 Å². The molecule has 0 N–H and O–H groups in total. The van der Waals surface area contributed by atoms with Crippen LogP contribution in [0.3, 0.4) is 0 Å². The number of hydrogen-bond donors (Lipinski definition) is 0. The Morgan fingerprint density at radius 3 is 2.42 bits per heavy atom. The molecule has 5 nitrogen and oxygen atoms in total. The Bertz CT molecular complexity index is 1330. The zero-order valence-electron chi connectivity index (χ0n) is 21.3. The molecule has 0 radical (unpaired) electrons. The van der Waals surface area contributed by atoms with Crippen LogP contribution in [-0.2, 0) is 17.8 Å². The molecule has 1 heterocycles. The molecule has 188 valence electrons. The maximum Gasteiger partial charge on any atom is 0.223 e. The minimum Gasteiger partial charge on any atom is -0.493 e. The highest BCUT2D eigenvalue weighted by molar-refractivity contribution is 5.86. The number of likely N-dealkylation sites (N-methyl/N-ethyl adjacent to an activating group) is 1. The summed E-state index contributed by atoms with van der Waals surface area (Å²) in [5, 5.41) is 1.12. The summed E-state index contributed by atoms with van der Waals surface area (Å²) >= 11 is 0. The summed E-state index contributed by atoms with van der Waals surface area (Å²) < 4.78 is 26.6. The second kappa shape index (κ2) is 11.3. The highest BCUT2D eigenvalue weighted by atomic mass is 19.1. The van der Waals surface area contributed by atoms with Crippen LogP contribution in [0.4, 0.5) is 4.39 Å². The van der Waals surface area contributed by atoms with Crippen molar-refractivity contribution in [2.75, 3.05) is 27.8 Å². The fraction of sp³-hybridized carbons (Fsp3) is 0.300. The number of fused-ring (bicyclic) bond motifs is 1. The van der Waals surface area contributed by atoms with E-state index in [0.29, 0.717) is 30.9 Å². The van der Waals surface area contributed by atoms with Gasteiger partial charge in [-0.1, -0.05) is 36.4 Å². The van der Waals surface area contributed by atoms with Crippen LogP contribution < -0.4 is 9.47 Å². The minimum atomic E-state index is -0.285. The number of aromatic nitrogens is 1. The van der Waals surface area contributed by atoms with Gasteiger partial charge in [-0.25, -0.2) is 4.39 Å². The van der Waals surface area contributed by atoms with Crippen LogP contribution in [0.25, 0.3) is 10.9 Å². The van der Waals surface area contributed by atoms with Crippen LogP contribution in [-0.4, -0.2) is 43.2 Å². The molecule has 1 aromatic heterocycles. The molecule has 0 saturated heterocycles. The van der Waals surface area contributed by atoms with Crippen molar-refractivity contribution >= 4 is 16.8 Å². The SMILES string of the molecule is CCn1cc(C(CC(=O)N(C)CCc2ccc(OC)c(OC)c2)c2ccc(F)cc2)c2ccccc21. The van der Waals surface area contributed by atoms with E-state index in [1.165, 1.54) is 12.1 Å². The van der Waals surface area contributed by atoms with Crippen LogP contribution in [0.15, 0.2) is 72.9 Å². The van der Waals surface area contributed by atoms with Gasteiger partial charge in [-0.05, 0) is 60.4 Å². The molecule has 0 saturated carbocycles. The summed E-state index contributed by atoms with van der Waals surface area (Å²) in [6, 6.07) is 20.6. The van der Waals surface area contributed by atoms with Gasteiger partial charge in [0.2, 0.25) is 5.91 Å². The summed E-state index contributed by atoms with van der Waals surface area (Å²) in [6.07, 6.45) is 3.13. The van der Waals surface area contributed by atoms with Gasteiger partial charge in [0, 0.05) is 49.6 Å². The quantitative estimate of drug-likeness (QED) is 0.273. The molecule has 3 aromatic carbocycles. The van der Waals surface area contributed by atoms with Crippen LogP contribution in [0.2, 0.25) is 0 Å². The highest BCUT2D eigenvalue weighted by Crippen LogP contribution is 2.35. The molecule has 0 aliphatic rings. The van der Waals surface area contributed by atoms with Crippen LogP contribution in [0.5, 0.6) is 11.5 Å². The van der Waals surface area contributed by atoms with Gasteiger partial charge in [-0.15, -0.1) is 0 Å². The Hall–Kier alpha value is -3.80. The number of benzene rings is 3. The predicted molar refractivity (Wildman–Crippen MR) is 141 cm³/mol. The van der Waals surface area contributed by atoms with Gasteiger partial charge in [-0.2, -0.15) is 0 Å². The van der Waals surface area contributed by atoms with E-state index in [9.17, 15) is 9.18 Å². The first-order chi connectivity index (χ1) is 17.4. The topological polar surface area (TPSA) is 43.7 Å². The first kappa shape index (κ1) is 25.3. The lowest BCUT2D eigenvalue weighted by atomic mass is 9.88. The van der Waals surface area contributed by atoms with E-state index in [2.05, 4.69) is 29.8 Å². The number of carbonyl (C=O) groups is 1. The molecular formula is C30H33FN2O3. The standard InChI is InChI=1S/C30H33FN2O3/c1-5-33-20-26(24-8-6-7-9-27(24)33)25(22-11-13-23(31)14-12-22)19-30(34)32(2)17-16-21-10-15-28(35-3)29(18-21)36-4/h6-15,18,20,25H,5,16-17,19H2,1-4H3. The Labute approximate surface area is 212 Å². The number of aryl methyl sites for hydroxylation is 1. The van der Waals surface area contributed by atoms with E-state index < -0.39 is 0 Å². The molecule has 0 fully saturated rings. The van der Waals surface area contributed by atoms with Gasteiger partial charge in [0.15, 0.2) is 11.5 Å². The third-order valence-corrected chi connectivity index (χ3v) is 6.80. The number of hydrogen-bond acceptors (Lipinski definition) is 3. The van der Waals surface area contributed by atoms with Crippen molar-refractivity contribution in [2.45, 2.75) is 32.2 Å². The van der Waals surface area contributed by atoms with Crippen molar-refractivity contribution in [3.05, 3.63) is 95.4 Å². The molecule has 0 bridgehead atoms.